The summed E-state index contributed by atoms with van der Waals surface area (Å²) in [7, 11) is 3.14. The highest BCUT2D eigenvalue weighted by molar-refractivity contribution is 5.77. The van der Waals surface area contributed by atoms with Crippen LogP contribution in [0.15, 0.2) is 47.0 Å². The smallest absolute Gasteiger partial charge is 0.266 e. The van der Waals surface area contributed by atoms with Crippen LogP contribution in [0.2, 0.25) is 0 Å². The summed E-state index contributed by atoms with van der Waals surface area (Å²) in [6.07, 6.45) is 1.63. The number of carbonyl (C=O) groups is 1. The highest BCUT2D eigenvalue weighted by atomic mass is 16.5. The maximum absolute atomic E-state index is 12.1. The molecule has 0 spiro atoms. The van der Waals surface area contributed by atoms with Crippen molar-refractivity contribution in [3.05, 3.63) is 54.0 Å². The van der Waals surface area contributed by atoms with Crippen LogP contribution < -0.4 is 14.8 Å². The van der Waals surface area contributed by atoms with Crippen molar-refractivity contribution in [2.75, 3.05) is 14.2 Å². The van der Waals surface area contributed by atoms with Crippen LogP contribution in [0.5, 0.6) is 11.5 Å². The fourth-order valence-corrected chi connectivity index (χ4v) is 2.31. The van der Waals surface area contributed by atoms with E-state index in [1.165, 1.54) is 0 Å². The van der Waals surface area contributed by atoms with Gasteiger partial charge in [0.2, 0.25) is 11.8 Å². The van der Waals surface area contributed by atoms with E-state index in [9.17, 15) is 4.79 Å². The Morgan fingerprint density at radius 3 is 2.69 bits per heavy atom. The molecular weight excluding hydrogens is 336 g/mol. The predicted molar refractivity (Wildman–Crippen MR) is 92.6 cm³/mol. The number of nitrogens with zero attached hydrogens (tertiary/aromatic N) is 3. The van der Waals surface area contributed by atoms with Crippen molar-refractivity contribution < 1.29 is 18.7 Å². The highest BCUT2D eigenvalue weighted by Gasteiger charge is 2.13. The van der Waals surface area contributed by atoms with Gasteiger partial charge in [-0.1, -0.05) is 12.1 Å². The Hall–Kier alpha value is -3.42. The van der Waals surface area contributed by atoms with E-state index in [0.717, 1.165) is 5.56 Å². The van der Waals surface area contributed by atoms with Gasteiger partial charge >= 0.3 is 0 Å². The van der Waals surface area contributed by atoms with Crippen molar-refractivity contribution in [3.8, 4) is 23.1 Å². The minimum absolute atomic E-state index is 0.00682. The predicted octanol–water partition coefficient (Wildman–Crippen LogP) is 2.01. The van der Waals surface area contributed by atoms with Gasteiger partial charge in [0.05, 0.1) is 14.2 Å². The molecule has 0 unspecified atom stereocenters. The standard InChI is InChI=1S/C18H18N4O4/c1-24-14-7-6-12(9-15(14)25-2)11-20-16(23)10-17-21-22-18(26-17)13-5-3-4-8-19-13/h3-9H,10-11H2,1-2H3,(H,20,23). The molecule has 2 heterocycles. The van der Waals surface area contributed by atoms with Gasteiger partial charge in [-0.2, -0.15) is 0 Å². The summed E-state index contributed by atoms with van der Waals surface area (Å²) in [4.78, 5) is 16.2. The second kappa shape index (κ2) is 8.11. The molecule has 1 amide bonds. The normalized spacial score (nSPS) is 10.4. The van der Waals surface area contributed by atoms with E-state index in [0.29, 0.717) is 23.7 Å². The van der Waals surface area contributed by atoms with Crippen molar-refractivity contribution >= 4 is 5.91 Å². The molecule has 0 aliphatic rings. The van der Waals surface area contributed by atoms with Gasteiger partial charge in [0, 0.05) is 12.7 Å². The SMILES string of the molecule is COc1ccc(CNC(=O)Cc2nnc(-c3ccccn3)o2)cc1OC. The Balaban J connectivity index is 1.57. The Kier molecular flexibility index (Phi) is 5.43. The van der Waals surface area contributed by atoms with Crippen LogP contribution >= 0.6 is 0 Å². The summed E-state index contributed by atoms with van der Waals surface area (Å²) >= 11 is 0. The molecule has 0 saturated carbocycles. The fourth-order valence-electron chi connectivity index (χ4n) is 2.31. The van der Waals surface area contributed by atoms with Crippen LogP contribution in [-0.2, 0) is 17.8 Å². The molecule has 0 radical (unpaired) electrons. The maximum atomic E-state index is 12.1. The molecule has 8 nitrogen and oxygen atoms in total. The minimum atomic E-state index is -0.226. The van der Waals surface area contributed by atoms with E-state index in [4.69, 9.17) is 13.9 Å². The van der Waals surface area contributed by atoms with Crippen molar-refractivity contribution in [2.45, 2.75) is 13.0 Å². The van der Waals surface area contributed by atoms with Crippen molar-refractivity contribution in [2.24, 2.45) is 0 Å². The number of hydrogen-bond acceptors (Lipinski definition) is 7. The van der Waals surface area contributed by atoms with Crippen LogP contribution in [0.3, 0.4) is 0 Å². The average Bonchev–Trinajstić information content (AvgIpc) is 3.15. The minimum Gasteiger partial charge on any atom is -0.493 e. The first-order valence-electron chi connectivity index (χ1n) is 7.91. The first kappa shape index (κ1) is 17.4. The third-order valence-electron chi connectivity index (χ3n) is 3.60. The summed E-state index contributed by atoms with van der Waals surface area (Å²) in [5, 5.41) is 10.6. The Morgan fingerprint density at radius 2 is 1.96 bits per heavy atom. The summed E-state index contributed by atoms with van der Waals surface area (Å²) in [5.74, 6) is 1.53. The lowest BCUT2D eigenvalue weighted by Gasteiger charge is -2.10. The van der Waals surface area contributed by atoms with Gasteiger partial charge < -0.3 is 19.2 Å². The third kappa shape index (κ3) is 4.15. The van der Waals surface area contributed by atoms with E-state index >= 15 is 0 Å². The molecule has 3 rings (SSSR count). The lowest BCUT2D eigenvalue weighted by molar-refractivity contribution is -0.120. The second-order valence-corrected chi connectivity index (χ2v) is 5.36. The molecule has 1 N–H and O–H groups in total. The van der Waals surface area contributed by atoms with Gasteiger partial charge in [-0.3, -0.25) is 9.78 Å². The number of methoxy groups -OCH3 is 2. The second-order valence-electron chi connectivity index (χ2n) is 5.36. The summed E-state index contributed by atoms with van der Waals surface area (Å²) in [6.45, 7) is 0.348. The molecule has 134 valence electrons. The van der Waals surface area contributed by atoms with Crippen LogP contribution in [-0.4, -0.2) is 35.3 Å². The van der Waals surface area contributed by atoms with Crippen LogP contribution in [0.4, 0.5) is 0 Å². The number of ether oxygens (including phenoxy) is 2. The third-order valence-corrected chi connectivity index (χ3v) is 3.60. The van der Waals surface area contributed by atoms with Crippen LogP contribution in [0.25, 0.3) is 11.6 Å². The first-order chi connectivity index (χ1) is 12.7. The largest absolute Gasteiger partial charge is 0.493 e. The van der Waals surface area contributed by atoms with E-state index in [2.05, 4.69) is 20.5 Å². The zero-order valence-corrected chi connectivity index (χ0v) is 14.4. The van der Waals surface area contributed by atoms with Gasteiger partial charge in [-0.05, 0) is 29.8 Å². The quantitative estimate of drug-likeness (QED) is 0.693. The molecule has 0 aliphatic heterocycles. The van der Waals surface area contributed by atoms with Crippen LogP contribution in [0.1, 0.15) is 11.5 Å². The Labute approximate surface area is 150 Å². The zero-order chi connectivity index (χ0) is 18.4. The van der Waals surface area contributed by atoms with Gasteiger partial charge in [-0.15, -0.1) is 10.2 Å². The molecule has 8 heteroatoms. The van der Waals surface area contributed by atoms with Gasteiger partial charge in [0.1, 0.15) is 12.1 Å². The maximum Gasteiger partial charge on any atom is 0.266 e. The number of nitrogens with one attached hydrogen (secondary N) is 1. The van der Waals surface area contributed by atoms with Gasteiger partial charge in [-0.25, -0.2) is 0 Å². The van der Waals surface area contributed by atoms with Gasteiger partial charge in [0.25, 0.3) is 5.89 Å². The number of pyridine rings is 1. The van der Waals surface area contributed by atoms with Crippen molar-refractivity contribution in [1.29, 1.82) is 0 Å². The fraction of sp³-hybridized carbons (Fsp3) is 0.222. The monoisotopic (exact) mass is 354 g/mol. The number of hydrogen-bond donors (Lipinski definition) is 1. The molecule has 0 atom stereocenters. The number of carbonyl (C=O) groups excluding carboxylic acids is 1. The van der Waals surface area contributed by atoms with Crippen LogP contribution in [0, 0.1) is 0 Å². The van der Waals surface area contributed by atoms with Gasteiger partial charge in [0.15, 0.2) is 11.5 Å². The lowest BCUT2D eigenvalue weighted by Crippen LogP contribution is -2.24. The number of amides is 1. The van der Waals surface area contributed by atoms with Crippen molar-refractivity contribution in [1.82, 2.24) is 20.5 Å². The summed E-state index contributed by atoms with van der Waals surface area (Å²) < 4.78 is 15.9. The average molecular weight is 354 g/mol. The van der Waals surface area contributed by atoms with E-state index in [1.807, 2.05) is 18.2 Å². The Morgan fingerprint density at radius 1 is 1.12 bits per heavy atom. The molecular formula is C18H18N4O4. The van der Waals surface area contributed by atoms with E-state index in [1.54, 1.807) is 38.6 Å². The molecule has 2 aromatic heterocycles. The topological polar surface area (TPSA) is 99.4 Å². The van der Waals surface area contributed by atoms with Crippen molar-refractivity contribution in [3.63, 3.8) is 0 Å². The van der Waals surface area contributed by atoms with E-state index < -0.39 is 0 Å². The molecule has 0 aliphatic carbocycles. The summed E-state index contributed by atoms with van der Waals surface area (Å²) in [5.41, 5.74) is 1.45. The molecule has 0 fully saturated rings. The highest BCUT2D eigenvalue weighted by Crippen LogP contribution is 2.27. The molecule has 0 bridgehead atoms. The summed E-state index contributed by atoms with van der Waals surface area (Å²) in [6, 6.07) is 10.8. The lowest BCUT2D eigenvalue weighted by atomic mass is 10.2. The molecule has 1 aromatic carbocycles. The molecule has 3 aromatic rings. The number of rotatable bonds is 7. The first-order valence-corrected chi connectivity index (χ1v) is 7.91. The number of benzene rings is 1. The molecule has 0 saturated heterocycles. The van der Waals surface area contributed by atoms with E-state index in [-0.39, 0.29) is 24.1 Å². The number of aromatic nitrogens is 3. The molecule has 26 heavy (non-hydrogen) atoms. The Bertz CT molecular complexity index is 880. The zero-order valence-electron chi connectivity index (χ0n) is 14.4.